The summed E-state index contributed by atoms with van der Waals surface area (Å²) in [6, 6.07) is 1.94. The molecule has 1 N–H and O–H groups in total. The molecule has 4 aliphatic carbocycles. The maximum atomic E-state index is 17.5. The van der Waals surface area contributed by atoms with Crippen LogP contribution in [0.25, 0.3) is 0 Å². The minimum Gasteiger partial charge on any atom is -0.390 e. The summed E-state index contributed by atoms with van der Waals surface area (Å²) in [5, 5.41) is 17.2. The maximum absolute atomic E-state index is 17.5. The Bertz CT molecular complexity index is 1410. The number of hydrogen-bond donors (Lipinski definition) is 1. The largest absolute Gasteiger partial charge is 0.390 e. The van der Waals surface area contributed by atoms with Gasteiger partial charge in [0.15, 0.2) is 22.8 Å². The third-order valence-electron chi connectivity index (χ3n) is 10.4. The molecule has 4 fully saturated rings. The van der Waals surface area contributed by atoms with Crippen LogP contribution in [0.15, 0.2) is 40.6 Å². The van der Waals surface area contributed by atoms with Gasteiger partial charge in [0.25, 0.3) is 10.1 Å². The fourth-order valence-electron chi connectivity index (χ4n) is 8.77. The van der Waals surface area contributed by atoms with E-state index in [0.29, 0.717) is 19.5 Å². The molecule has 2 heterocycles. The Kier molecular flexibility index (Phi) is 6.43. The second-order valence-electron chi connectivity index (χ2n) is 12.5. The maximum Gasteiger partial charge on any atom is 0.264 e. The van der Waals surface area contributed by atoms with Crippen molar-refractivity contribution < 1.29 is 40.9 Å². The summed E-state index contributed by atoms with van der Waals surface area (Å²) in [5.74, 6) is -3.01. The number of allylic oxidation sites excluding steroid dienone is 4. The Morgan fingerprint density at radius 1 is 1.30 bits per heavy atom. The monoisotopic (exact) mass is 597 g/mol. The van der Waals surface area contributed by atoms with E-state index in [4.69, 9.17) is 9.02 Å². The third kappa shape index (κ3) is 3.75. The van der Waals surface area contributed by atoms with Crippen molar-refractivity contribution in [3.05, 3.63) is 46.2 Å². The fraction of sp³-hybridized carbons (Fsp3) is 0.643. The molecule has 0 aromatic carbocycles. The molecule has 1 aromatic rings. The van der Waals surface area contributed by atoms with Crippen LogP contribution < -0.4 is 0 Å². The van der Waals surface area contributed by atoms with Crippen molar-refractivity contribution in [1.82, 2.24) is 5.06 Å². The topological polar surface area (TPSA) is 110 Å². The third-order valence-corrected chi connectivity index (χ3v) is 11.7. The summed E-state index contributed by atoms with van der Waals surface area (Å²) in [6.45, 7) is 3.26. The molecular weight excluding hydrogens is 564 g/mol. The number of fused-ring (bicyclic) bond motifs is 7. The first kappa shape index (κ1) is 28.3. The van der Waals surface area contributed by atoms with Gasteiger partial charge in [0, 0.05) is 35.8 Å². The van der Waals surface area contributed by atoms with Gasteiger partial charge in [-0.05, 0) is 72.2 Å². The molecule has 3 saturated carbocycles. The first-order valence-electron chi connectivity index (χ1n) is 13.4. The summed E-state index contributed by atoms with van der Waals surface area (Å²) in [5.41, 5.74) is -5.56. The van der Waals surface area contributed by atoms with Crippen LogP contribution in [0.2, 0.25) is 0 Å². The van der Waals surface area contributed by atoms with Crippen molar-refractivity contribution in [2.45, 2.75) is 63.2 Å². The summed E-state index contributed by atoms with van der Waals surface area (Å²) in [4.78, 5) is 32.6. The summed E-state index contributed by atoms with van der Waals surface area (Å²) in [6.07, 6.45) is 1.32. The van der Waals surface area contributed by atoms with E-state index in [-0.39, 0.29) is 18.4 Å². The number of aliphatic hydroxyl groups excluding tert-OH is 1. The molecule has 8 nitrogen and oxygen atoms in total. The van der Waals surface area contributed by atoms with E-state index < -0.39 is 80.4 Å². The Morgan fingerprint density at radius 2 is 2.05 bits per heavy atom. The zero-order valence-electron chi connectivity index (χ0n) is 22.5. The summed E-state index contributed by atoms with van der Waals surface area (Å²) < 4.78 is 61.8. The number of nitrogens with zero attached hydrogens (tertiary/aromatic N) is 1. The van der Waals surface area contributed by atoms with Gasteiger partial charge in [0.2, 0.25) is 0 Å². The van der Waals surface area contributed by atoms with Gasteiger partial charge in [-0.1, -0.05) is 13.0 Å². The van der Waals surface area contributed by atoms with Gasteiger partial charge in [-0.2, -0.15) is 24.8 Å². The van der Waals surface area contributed by atoms with Crippen LogP contribution >= 0.6 is 11.3 Å². The zero-order chi connectivity index (χ0) is 28.9. The predicted octanol–water partition coefficient (Wildman–Crippen LogP) is 3.32. The lowest BCUT2D eigenvalue weighted by molar-refractivity contribution is -0.269. The lowest BCUT2D eigenvalue weighted by Crippen LogP contribution is -2.70. The normalized spacial score (nSPS) is 44.5. The lowest BCUT2D eigenvalue weighted by atomic mass is 9.44. The summed E-state index contributed by atoms with van der Waals surface area (Å²) in [7, 11) is -3.95. The zero-order valence-corrected chi connectivity index (χ0v) is 24.1. The number of carbonyl (C=O) groups excluding carboxylic acids is 2. The Hall–Kier alpha value is -1.83. The van der Waals surface area contributed by atoms with E-state index in [2.05, 4.69) is 0 Å². The lowest BCUT2D eigenvalue weighted by Gasteiger charge is -2.63. The number of hydrogen-bond acceptors (Lipinski definition) is 9. The Balaban J connectivity index is 1.42. The number of aliphatic hydroxyl groups is 1. The predicted molar refractivity (Wildman–Crippen MR) is 142 cm³/mol. The molecule has 0 spiro atoms. The van der Waals surface area contributed by atoms with Crippen LogP contribution in [0.5, 0.6) is 0 Å². The standard InChI is InChI=1S/C28H33F2NO7S2/c1-25-6-4-18(32)9-21(25)22(29)10-20-19-8-17-13-31(12-16-5-7-39-15-16)38-28(17,24(34)14-37-40(3,35)36)26(19,2)11-23(33)27(20,25)30/h4-7,9,15,17,19-20,22-23,33H,8,10-14H2,1-3H3/t17-,19-,20-,22-,23-,25-,26-,27-,28-/m0/s1. The van der Waals surface area contributed by atoms with Crippen LogP contribution in [0.1, 0.15) is 38.7 Å². The van der Waals surface area contributed by atoms with Gasteiger partial charge >= 0.3 is 0 Å². The molecule has 0 unspecified atom stereocenters. The molecular formula is C28H33F2NO7S2. The van der Waals surface area contributed by atoms with Crippen LogP contribution in [0.4, 0.5) is 8.78 Å². The molecule has 6 rings (SSSR count). The number of ketones is 2. The molecule has 9 atom stereocenters. The van der Waals surface area contributed by atoms with Gasteiger partial charge in [0.1, 0.15) is 12.8 Å². The molecule has 1 saturated heterocycles. The highest BCUT2D eigenvalue weighted by Gasteiger charge is 2.79. The van der Waals surface area contributed by atoms with E-state index in [1.54, 1.807) is 12.0 Å². The summed E-state index contributed by atoms with van der Waals surface area (Å²) >= 11 is 1.52. The number of rotatable bonds is 6. The molecule has 1 aromatic heterocycles. The number of Topliss-reactive ketones (excluding diaryl/α,β-unsaturated/α-hetero) is 1. The van der Waals surface area contributed by atoms with Crippen LogP contribution in [0, 0.1) is 28.6 Å². The van der Waals surface area contributed by atoms with Crippen LogP contribution in [0.3, 0.4) is 0 Å². The van der Waals surface area contributed by atoms with Crippen molar-refractivity contribution in [2.75, 3.05) is 19.4 Å². The van der Waals surface area contributed by atoms with Crippen molar-refractivity contribution in [3.8, 4) is 0 Å². The van der Waals surface area contributed by atoms with Crippen LogP contribution in [-0.2, 0) is 35.3 Å². The van der Waals surface area contributed by atoms with Gasteiger partial charge < -0.3 is 5.11 Å². The van der Waals surface area contributed by atoms with E-state index in [9.17, 15) is 23.1 Å². The Labute approximate surface area is 236 Å². The van der Waals surface area contributed by atoms with Gasteiger partial charge in [-0.25, -0.2) is 8.78 Å². The molecule has 218 valence electrons. The molecule has 0 radical (unpaired) electrons. The number of carbonyl (C=O) groups is 2. The average Bonchev–Trinajstić information content (AvgIpc) is 3.56. The fourth-order valence-corrected chi connectivity index (χ4v) is 9.75. The number of thiophene rings is 1. The number of halogens is 2. The molecule has 0 amide bonds. The molecule has 1 aliphatic heterocycles. The van der Waals surface area contributed by atoms with E-state index in [0.717, 1.165) is 17.9 Å². The Morgan fingerprint density at radius 3 is 2.73 bits per heavy atom. The number of alkyl halides is 2. The molecule has 0 bridgehead atoms. The van der Waals surface area contributed by atoms with Gasteiger partial charge in [-0.3, -0.25) is 18.6 Å². The highest BCUT2D eigenvalue weighted by molar-refractivity contribution is 7.86. The van der Waals surface area contributed by atoms with Gasteiger partial charge in [0.05, 0.1) is 12.4 Å². The SMILES string of the molecule is C[C@]12C=CC(=O)C=C1[C@@H](F)C[C@H]1[C@@H]3C[C@H]4CN(Cc5ccsc5)O[C@@]4(C(=O)COS(C)(=O)=O)[C@@]3(C)C[C@H](O)[C@@]12F. The first-order valence-corrected chi connectivity index (χ1v) is 16.2. The second kappa shape index (κ2) is 9.08. The quantitative estimate of drug-likeness (QED) is 0.498. The van der Waals surface area contributed by atoms with Crippen molar-refractivity contribution in [2.24, 2.45) is 28.6 Å². The van der Waals surface area contributed by atoms with Crippen molar-refractivity contribution >= 4 is 33.0 Å². The minimum atomic E-state index is -3.95. The second-order valence-corrected chi connectivity index (χ2v) is 14.9. The van der Waals surface area contributed by atoms with Gasteiger partial charge in [-0.15, -0.1) is 0 Å². The van der Waals surface area contributed by atoms with Crippen molar-refractivity contribution in [1.29, 1.82) is 0 Å². The molecule has 40 heavy (non-hydrogen) atoms. The minimum absolute atomic E-state index is 0.0325. The van der Waals surface area contributed by atoms with E-state index in [1.807, 2.05) is 16.8 Å². The van der Waals surface area contributed by atoms with E-state index in [1.165, 1.54) is 30.4 Å². The molecule has 12 heteroatoms. The van der Waals surface area contributed by atoms with Crippen LogP contribution in [-0.4, -0.2) is 73.1 Å². The van der Waals surface area contributed by atoms with E-state index >= 15 is 8.78 Å². The highest BCUT2D eigenvalue weighted by atomic mass is 32.2. The average molecular weight is 598 g/mol. The van der Waals surface area contributed by atoms with Crippen molar-refractivity contribution in [3.63, 3.8) is 0 Å². The molecule has 5 aliphatic rings. The highest BCUT2D eigenvalue weighted by Crippen LogP contribution is 2.72. The first-order chi connectivity index (χ1) is 18.7. The smallest absolute Gasteiger partial charge is 0.264 e. The number of hydroxylamine groups is 2.